The smallest absolute Gasteiger partial charge is 0.353 e. The van der Waals surface area contributed by atoms with Crippen LogP contribution in [-0.4, -0.2) is 52.2 Å². The fourth-order valence-electron chi connectivity index (χ4n) is 3.28. The van der Waals surface area contributed by atoms with E-state index in [0.29, 0.717) is 18.9 Å². The zero-order valence-electron chi connectivity index (χ0n) is 17.2. The maximum atomic E-state index is 12.8. The Hall–Kier alpha value is -3.84. The van der Waals surface area contributed by atoms with Gasteiger partial charge in [-0.3, -0.25) is 0 Å². The quantitative estimate of drug-likeness (QED) is 0.548. The molecule has 1 fully saturated rings. The fourth-order valence-corrected chi connectivity index (χ4v) is 3.28. The molecular formula is C20H16F6N6O2. The number of anilines is 2. The number of carbonyl (C=O) groups excluding carboxylic acids is 1. The summed E-state index contributed by atoms with van der Waals surface area (Å²) >= 11 is 0. The monoisotopic (exact) mass is 486 g/mol. The van der Waals surface area contributed by atoms with Crippen LogP contribution in [0.2, 0.25) is 0 Å². The summed E-state index contributed by atoms with van der Waals surface area (Å²) in [6.07, 6.45) is -7.95. The zero-order chi connectivity index (χ0) is 24.5. The van der Waals surface area contributed by atoms with Crippen LogP contribution in [0.3, 0.4) is 0 Å². The number of hydrogen-bond donors (Lipinski definition) is 1. The Bertz CT molecular complexity index is 1150. The molecule has 4 rings (SSSR count). The van der Waals surface area contributed by atoms with Crippen molar-refractivity contribution in [2.45, 2.75) is 12.4 Å². The van der Waals surface area contributed by atoms with Crippen molar-refractivity contribution in [3.05, 3.63) is 54.0 Å². The zero-order valence-corrected chi connectivity index (χ0v) is 17.2. The van der Waals surface area contributed by atoms with Gasteiger partial charge < -0.3 is 19.6 Å². The maximum Gasteiger partial charge on any atom is 0.471 e. The van der Waals surface area contributed by atoms with Crippen molar-refractivity contribution in [2.75, 3.05) is 36.4 Å². The highest BCUT2D eigenvalue weighted by Crippen LogP contribution is 2.31. The van der Waals surface area contributed by atoms with Gasteiger partial charge in [-0.05, 0) is 30.3 Å². The highest BCUT2D eigenvalue weighted by Gasteiger charge is 2.38. The number of piperazine rings is 1. The number of rotatable bonds is 3. The number of halogens is 6. The van der Waals surface area contributed by atoms with Gasteiger partial charge >= 0.3 is 24.3 Å². The van der Waals surface area contributed by atoms with E-state index in [0.717, 1.165) is 12.1 Å². The Morgan fingerprint density at radius 3 is 2.29 bits per heavy atom. The molecule has 0 unspecified atom stereocenters. The van der Waals surface area contributed by atoms with Crippen molar-refractivity contribution in [1.82, 2.24) is 20.0 Å². The molecule has 1 aliphatic heterocycles. The first-order valence-corrected chi connectivity index (χ1v) is 9.86. The SMILES string of the molecule is O=C(Nc1cccc(C(F)(F)F)c1)N1CCN(c2ccc(-c3noc(C(F)(F)F)n3)cn2)CC1. The van der Waals surface area contributed by atoms with Crippen molar-refractivity contribution in [3.63, 3.8) is 0 Å². The van der Waals surface area contributed by atoms with Crippen LogP contribution < -0.4 is 10.2 Å². The summed E-state index contributed by atoms with van der Waals surface area (Å²) in [5, 5.41) is 5.77. The highest BCUT2D eigenvalue weighted by atomic mass is 19.4. The van der Waals surface area contributed by atoms with Crippen molar-refractivity contribution in [3.8, 4) is 11.4 Å². The summed E-state index contributed by atoms with van der Waals surface area (Å²) in [4.78, 5) is 23.3. The third-order valence-electron chi connectivity index (χ3n) is 5.01. The summed E-state index contributed by atoms with van der Waals surface area (Å²) in [6.45, 7) is 1.35. The number of pyridine rings is 1. The second kappa shape index (κ2) is 8.83. The van der Waals surface area contributed by atoms with Gasteiger partial charge in [-0.15, -0.1) is 0 Å². The van der Waals surface area contributed by atoms with Crippen LogP contribution in [0.5, 0.6) is 0 Å². The summed E-state index contributed by atoms with van der Waals surface area (Å²) in [5.74, 6) is -1.17. The summed E-state index contributed by atoms with van der Waals surface area (Å²) in [6, 6.07) is 6.92. The Balaban J connectivity index is 1.34. The number of carbonyl (C=O) groups is 1. The first kappa shape index (κ1) is 23.3. The number of alkyl halides is 6. The Morgan fingerprint density at radius 1 is 0.971 bits per heavy atom. The van der Waals surface area contributed by atoms with Gasteiger partial charge in [0.25, 0.3) is 0 Å². The number of aromatic nitrogens is 3. The molecule has 2 aromatic heterocycles. The fraction of sp³-hybridized carbons (Fsp3) is 0.300. The van der Waals surface area contributed by atoms with E-state index in [1.807, 2.05) is 4.90 Å². The van der Waals surface area contributed by atoms with Gasteiger partial charge in [0.1, 0.15) is 5.82 Å². The molecule has 3 heterocycles. The molecular weight excluding hydrogens is 470 g/mol. The van der Waals surface area contributed by atoms with Gasteiger partial charge in [0, 0.05) is 43.6 Å². The lowest BCUT2D eigenvalue weighted by atomic mass is 10.2. The van der Waals surface area contributed by atoms with E-state index in [1.54, 1.807) is 6.07 Å². The van der Waals surface area contributed by atoms with Crippen LogP contribution in [0, 0.1) is 0 Å². The number of benzene rings is 1. The lowest BCUT2D eigenvalue weighted by Crippen LogP contribution is -2.50. The van der Waals surface area contributed by atoms with Crippen LogP contribution in [0.1, 0.15) is 11.5 Å². The van der Waals surface area contributed by atoms with E-state index in [2.05, 4.69) is 25.0 Å². The first-order valence-electron chi connectivity index (χ1n) is 9.86. The highest BCUT2D eigenvalue weighted by molar-refractivity contribution is 5.89. The molecule has 0 saturated carbocycles. The average Bonchev–Trinajstić information content (AvgIpc) is 3.30. The number of hydrogen-bond acceptors (Lipinski definition) is 6. The lowest BCUT2D eigenvalue weighted by molar-refractivity contribution is -0.159. The molecule has 34 heavy (non-hydrogen) atoms. The minimum Gasteiger partial charge on any atom is -0.353 e. The summed E-state index contributed by atoms with van der Waals surface area (Å²) in [5.41, 5.74) is -0.586. The average molecular weight is 486 g/mol. The molecule has 1 aromatic carbocycles. The van der Waals surface area contributed by atoms with Crippen molar-refractivity contribution < 1.29 is 35.7 Å². The van der Waals surface area contributed by atoms with E-state index < -0.39 is 29.8 Å². The molecule has 0 aliphatic carbocycles. The molecule has 0 radical (unpaired) electrons. The van der Waals surface area contributed by atoms with E-state index in [4.69, 9.17) is 0 Å². The number of amides is 2. The minimum absolute atomic E-state index is 0.0367. The molecule has 1 saturated heterocycles. The number of nitrogens with one attached hydrogen (secondary N) is 1. The summed E-state index contributed by atoms with van der Waals surface area (Å²) < 4.78 is 80.5. The molecule has 0 spiro atoms. The third kappa shape index (κ3) is 5.21. The second-order valence-corrected chi connectivity index (χ2v) is 7.31. The lowest BCUT2D eigenvalue weighted by Gasteiger charge is -2.35. The Labute approximate surface area is 188 Å². The predicted molar refractivity (Wildman–Crippen MR) is 107 cm³/mol. The van der Waals surface area contributed by atoms with E-state index >= 15 is 0 Å². The van der Waals surface area contributed by atoms with Crippen LogP contribution in [0.15, 0.2) is 47.1 Å². The van der Waals surface area contributed by atoms with Crippen molar-refractivity contribution >= 4 is 17.5 Å². The topological polar surface area (TPSA) is 87.4 Å². The van der Waals surface area contributed by atoms with Crippen LogP contribution in [0.4, 0.5) is 42.6 Å². The molecule has 8 nitrogen and oxygen atoms in total. The van der Waals surface area contributed by atoms with E-state index in [1.165, 1.54) is 29.3 Å². The molecule has 1 aliphatic rings. The van der Waals surface area contributed by atoms with Gasteiger partial charge in [0.05, 0.1) is 5.56 Å². The minimum atomic E-state index is -4.74. The number of urea groups is 1. The molecule has 1 N–H and O–H groups in total. The maximum absolute atomic E-state index is 12.8. The number of nitrogens with zero attached hydrogens (tertiary/aromatic N) is 5. The second-order valence-electron chi connectivity index (χ2n) is 7.31. The molecule has 3 aromatic rings. The van der Waals surface area contributed by atoms with E-state index in [9.17, 15) is 31.1 Å². The normalized spacial score (nSPS) is 14.9. The van der Waals surface area contributed by atoms with Crippen LogP contribution >= 0.6 is 0 Å². The molecule has 180 valence electrons. The largest absolute Gasteiger partial charge is 0.471 e. The van der Waals surface area contributed by atoms with Crippen molar-refractivity contribution in [1.29, 1.82) is 0 Å². The first-order chi connectivity index (χ1) is 16.0. The predicted octanol–water partition coefficient (Wildman–Crippen LogP) is 4.52. The van der Waals surface area contributed by atoms with E-state index in [-0.39, 0.29) is 30.2 Å². The van der Waals surface area contributed by atoms with Crippen molar-refractivity contribution in [2.24, 2.45) is 0 Å². The molecule has 0 bridgehead atoms. The Morgan fingerprint density at radius 2 is 1.71 bits per heavy atom. The van der Waals surface area contributed by atoms with Gasteiger partial charge in [-0.2, -0.15) is 31.3 Å². The van der Waals surface area contributed by atoms with Gasteiger partial charge in [0.2, 0.25) is 5.82 Å². The summed E-state index contributed by atoms with van der Waals surface area (Å²) in [7, 11) is 0. The van der Waals surface area contributed by atoms with Gasteiger partial charge in [0.15, 0.2) is 0 Å². The van der Waals surface area contributed by atoms with Gasteiger partial charge in [-0.25, -0.2) is 9.78 Å². The standard InChI is InChI=1S/C20H16F6N6O2/c21-19(22,23)13-2-1-3-14(10-13)28-18(33)32-8-6-31(7-9-32)15-5-4-12(11-27-15)16-29-17(34-30-16)20(24,25)26/h1-5,10-11H,6-9H2,(H,28,33). The molecule has 0 atom stereocenters. The molecule has 14 heteroatoms. The van der Waals surface area contributed by atoms with Crippen LogP contribution in [-0.2, 0) is 12.4 Å². The molecule has 2 amide bonds. The third-order valence-corrected chi connectivity index (χ3v) is 5.01. The Kier molecular flexibility index (Phi) is 6.06. The van der Waals surface area contributed by atoms with Gasteiger partial charge in [-0.1, -0.05) is 11.2 Å². The van der Waals surface area contributed by atoms with Crippen LogP contribution in [0.25, 0.3) is 11.4 Å².